The van der Waals surface area contributed by atoms with Gasteiger partial charge in [0.05, 0.1) is 0 Å². The van der Waals surface area contributed by atoms with Gasteiger partial charge < -0.3 is 17.5 Å². The Labute approximate surface area is 117 Å². The number of rotatable bonds is 9. The third kappa shape index (κ3) is 7.67. The second-order valence-corrected chi connectivity index (χ2v) is 4.69. The Morgan fingerprint density at radius 2 is 1.61 bits per heavy atom. The first-order valence-corrected chi connectivity index (χ1v) is 6.95. The highest BCUT2D eigenvalue weighted by Crippen LogP contribution is 2.08. The van der Waals surface area contributed by atoms with E-state index in [1.807, 2.05) is 4.57 Å². The fourth-order valence-corrected chi connectivity index (χ4v) is 2.03. The van der Waals surface area contributed by atoms with Crippen molar-refractivity contribution >= 4 is 0 Å². The highest BCUT2D eigenvalue weighted by Gasteiger charge is 1.99. The third-order valence-electron chi connectivity index (χ3n) is 3.14. The van der Waals surface area contributed by atoms with Crippen LogP contribution in [-0.2, 0) is 13.0 Å². The molecule has 1 rings (SSSR count). The second kappa shape index (κ2) is 11.5. The van der Waals surface area contributed by atoms with Gasteiger partial charge in [0.2, 0.25) is 0 Å². The van der Waals surface area contributed by atoms with E-state index in [0.29, 0.717) is 6.54 Å². The molecule has 0 aliphatic carbocycles. The summed E-state index contributed by atoms with van der Waals surface area (Å²) in [6.45, 7) is 3.16. The van der Waals surface area contributed by atoms with E-state index in [1.54, 1.807) is 0 Å². The summed E-state index contributed by atoms with van der Waals surface area (Å²) in [5.74, 6) is 0. The Morgan fingerprint density at radius 1 is 1.00 bits per heavy atom. The van der Waals surface area contributed by atoms with Gasteiger partial charge in [-0.2, -0.15) is 0 Å². The maximum absolute atomic E-state index is 8.81. The average Bonchev–Trinajstić information content (AvgIpc) is 2.36. The van der Waals surface area contributed by atoms with Crippen molar-refractivity contribution in [2.75, 3.05) is 6.61 Å². The van der Waals surface area contributed by atoms with Crippen LogP contribution in [0.2, 0.25) is 0 Å². The van der Waals surface area contributed by atoms with E-state index in [-0.39, 0.29) is 19.0 Å². The number of hydrogen-bond donors (Lipinski definition) is 1. The first-order chi connectivity index (χ1) is 8.36. The molecule has 0 spiro atoms. The molecule has 104 valence electrons. The lowest BCUT2D eigenvalue weighted by atomic mass is 10.1. The molecule has 0 fully saturated rings. The molecule has 0 aliphatic rings. The first-order valence-electron chi connectivity index (χ1n) is 6.95. The molecule has 1 N–H and O–H groups in total. The van der Waals surface area contributed by atoms with Crippen LogP contribution in [0.3, 0.4) is 0 Å². The van der Waals surface area contributed by atoms with Gasteiger partial charge in [0, 0.05) is 12.1 Å². The van der Waals surface area contributed by atoms with Crippen LogP contribution in [0.15, 0.2) is 24.5 Å². The fourth-order valence-electron chi connectivity index (χ4n) is 2.03. The number of aliphatic hydroxyl groups is 1. The molecule has 0 amide bonds. The van der Waals surface area contributed by atoms with Crippen molar-refractivity contribution in [1.29, 1.82) is 0 Å². The number of nitrogens with zero attached hydrogens (tertiary/aromatic N) is 1. The molecule has 1 aromatic rings. The molecule has 0 aliphatic heterocycles. The number of aromatic nitrogens is 1. The molecule has 0 saturated heterocycles. The van der Waals surface area contributed by atoms with Gasteiger partial charge >= 0.3 is 0 Å². The van der Waals surface area contributed by atoms with Gasteiger partial charge in [-0.05, 0) is 18.4 Å². The number of aryl methyl sites for hydroxylation is 1. The highest BCUT2D eigenvalue weighted by molar-refractivity contribution is 5.07. The monoisotopic (exact) mass is 271 g/mol. The van der Waals surface area contributed by atoms with E-state index < -0.39 is 0 Å². The van der Waals surface area contributed by atoms with Gasteiger partial charge in [0.15, 0.2) is 18.9 Å². The largest absolute Gasteiger partial charge is 1.00 e. The maximum Gasteiger partial charge on any atom is 0.171 e. The third-order valence-corrected chi connectivity index (χ3v) is 3.14. The lowest BCUT2D eigenvalue weighted by Crippen LogP contribution is -3.00. The van der Waals surface area contributed by atoms with Crippen LogP contribution in [0.5, 0.6) is 0 Å². The summed E-state index contributed by atoms with van der Waals surface area (Å²) in [6, 6.07) is 4.34. The van der Waals surface area contributed by atoms with Gasteiger partial charge in [-0.25, -0.2) is 4.57 Å². The predicted octanol–water partition coefficient (Wildman–Crippen LogP) is -0.127. The molecule has 0 radical (unpaired) electrons. The molecular formula is C15H26ClNO. The van der Waals surface area contributed by atoms with Crippen molar-refractivity contribution in [3.63, 3.8) is 0 Å². The van der Waals surface area contributed by atoms with Crippen LogP contribution >= 0.6 is 0 Å². The number of pyridine rings is 1. The molecule has 0 saturated carbocycles. The smallest absolute Gasteiger partial charge is 0.171 e. The second-order valence-electron chi connectivity index (χ2n) is 4.69. The molecule has 1 aromatic heterocycles. The van der Waals surface area contributed by atoms with Crippen molar-refractivity contribution < 1.29 is 22.1 Å². The zero-order valence-electron chi connectivity index (χ0n) is 11.4. The average molecular weight is 272 g/mol. The first kappa shape index (κ1) is 17.4. The van der Waals surface area contributed by atoms with E-state index in [9.17, 15) is 0 Å². The van der Waals surface area contributed by atoms with E-state index in [4.69, 9.17) is 5.11 Å². The minimum Gasteiger partial charge on any atom is -1.00 e. The molecule has 1 heterocycles. The number of hydrogen-bond acceptors (Lipinski definition) is 1. The van der Waals surface area contributed by atoms with E-state index >= 15 is 0 Å². The van der Waals surface area contributed by atoms with Crippen LogP contribution in [-0.4, -0.2) is 11.7 Å². The summed E-state index contributed by atoms with van der Waals surface area (Å²) in [4.78, 5) is 0. The molecule has 0 bridgehead atoms. The van der Waals surface area contributed by atoms with Crippen LogP contribution in [0.4, 0.5) is 0 Å². The quantitative estimate of drug-likeness (QED) is 0.491. The number of halogens is 1. The van der Waals surface area contributed by atoms with Gasteiger partial charge in [-0.3, -0.25) is 0 Å². The SMILES string of the molecule is CCCCCCCCc1cc[n+](CCO)cc1.[Cl-]. The van der Waals surface area contributed by atoms with Gasteiger partial charge in [0.25, 0.3) is 0 Å². The normalized spacial score (nSPS) is 10.1. The van der Waals surface area contributed by atoms with E-state index in [0.717, 1.165) is 0 Å². The molecule has 2 nitrogen and oxygen atoms in total. The summed E-state index contributed by atoms with van der Waals surface area (Å²) in [6.07, 6.45) is 13.4. The van der Waals surface area contributed by atoms with Crippen molar-refractivity contribution in [2.45, 2.75) is 58.4 Å². The van der Waals surface area contributed by atoms with Crippen LogP contribution in [0.1, 0.15) is 51.0 Å². The van der Waals surface area contributed by atoms with Crippen molar-refractivity contribution in [2.24, 2.45) is 0 Å². The standard InChI is InChI=1S/C15H26NO.ClH/c1-2-3-4-5-6-7-8-15-9-11-16(12-10-15)13-14-17;/h9-12,17H,2-8,13-14H2,1H3;1H/q+1;/p-1. The van der Waals surface area contributed by atoms with Crippen molar-refractivity contribution in [1.82, 2.24) is 0 Å². The molecule has 0 aromatic carbocycles. The molecule has 0 unspecified atom stereocenters. The summed E-state index contributed by atoms with van der Waals surface area (Å²) < 4.78 is 2.02. The summed E-state index contributed by atoms with van der Waals surface area (Å²) in [5, 5.41) is 8.81. The zero-order valence-corrected chi connectivity index (χ0v) is 12.2. The highest BCUT2D eigenvalue weighted by atomic mass is 35.5. The molecule has 3 heteroatoms. The zero-order chi connectivity index (χ0) is 12.3. The van der Waals surface area contributed by atoms with Crippen LogP contribution in [0, 0.1) is 0 Å². The lowest BCUT2D eigenvalue weighted by molar-refractivity contribution is -0.698. The van der Waals surface area contributed by atoms with Gasteiger partial charge in [-0.1, -0.05) is 39.0 Å². The summed E-state index contributed by atoms with van der Waals surface area (Å²) >= 11 is 0. The lowest BCUT2D eigenvalue weighted by Gasteiger charge is -2.01. The number of unbranched alkanes of at least 4 members (excludes halogenated alkanes) is 5. The predicted molar refractivity (Wildman–Crippen MR) is 70.8 cm³/mol. The Hall–Kier alpha value is -0.600. The minimum atomic E-state index is 0. The fraction of sp³-hybridized carbons (Fsp3) is 0.667. The maximum atomic E-state index is 8.81. The van der Waals surface area contributed by atoms with Crippen molar-refractivity contribution in [3.05, 3.63) is 30.1 Å². The Morgan fingerprint density at radius 3 is 2.22 bits per heavy atom. The minimum absolute atomic E-state index is 0. The Bertz CT molecular complexity index is 287. The molecule has 0 atom stereocenters. The summed E-state index contributed by atoms with van der Waals surface area (Å²) in [7, 11) is 0. The van der Waals surface area contributed by atoms with Gasteiger partial charge in [0.1, 0.15) is 6.61 Å². The van der Waals surface area contributed by atoms with Gasteiger partial charge in [-0.15, -0.1) is 0 Å². The van der Waals surface area contributed by atoms with Crippen LogP contribution < -0.4 is 17.0 Å². The van der Waals surface area contributed by atoms with Crippen molar-refractivity contribution in [3.8, 4) is 0 Å². The Kier molecular flexibility index (Phi) is 11.1. The number of aliphatic hydroxyl groups excluding tert-OH is 1. The van der Waals surface area contributed by atoms with E-state index in [2.05, 4.69) is 31.5 Å². The molecule has 18 heavy (non-hydrogen) atoms. The molecular weight excluding hydrogens is 246 g/mol. The Balaban J connectivity index is 0.00000289. The van der Waals surface area contributed by atoms with E-state index in [1.165, 1.54) is 50.5 Å². The topological polar surface area (TPSA) is 24.1 Å². The summed E-state index contributed by atoms with van der Waals surface area (Å²) in [5.41, 5.74) is 1.41. The van der Waals surface area contributed by atoms with Crippen LogP contribution in [0.25, 0.3) is 0 Å².